The Morgan fingerprint density at radius 2 is 2.15 bits per heavy atom. The molecule has 5 nitrogen and oxygen atoms in total. The summed E-state index contributed by atoms with van der Waals surface area (Å²) in [5, 5.41) is 10.8. The van der Waals surface area contributed by atoms with Crippen LogP contribution < -0.4 is 5.32 Å². The van der Waals surface area contributed by atoms with Gasteiger partial charge in [0.25, 0.3) is 0 Å². The first-order chi connectivity index (χ1) is 5.97. The van der Waals surface area contributed by atoms with Crippen LogP contribution in [-0.4, -0.2) is 49.1 Å². The molecular weight excluding hydrogens is 172 g/mol. The van der Waals surface area contributed by atoms with Gasteiger partial charge in [-0.25, -0.2) is 4.79 Å². The van der Waals surface area contributed by atoms with Crippen molar-refractivity contribution in [1.82, 2.24) is 10.2 Å². The normalized spacial score (nSPS) is 15.1. The number of nitrogens with zero attached hydrogens (tertiary/aromatic N) is 1. The Balaban J connectivity index is 4.17. The zero-order valence-electron chi connectivity index (χ0n) is 8.15. The number of carbonyl (C=O) groups is 2. The highest BCUT2D eigenvalue weighted by Crippen LogP contribution is 2.00. The maximum absolute atomic E-state index is 10.5. The van der Waals surface area contributed by atoms with E-state index in [0.717, 1.165) is 6.29 Å². The number of aldehydes is 1. The highest BCUT2D eigenvalue weighted by molar-refractivity contribution is 5.66. The van der Waals surface area contributed by atoms with Crippen molar-refractivity contribution >= 4 is 12.4 Å². The van der Waals surface area contributed by atoms with Gasteiger partial charge in [-0.1, -0.05) is 6.92 Å². The first kappa shape index (κ1) is 11.9. The molecule has 0 aromatic heterocycles. The maximum atomic E-state index is 10.5. The monoisotopic (exact) mass is 188 g/mol. The average molecular weight is 188 g/mol. The number of carboxylic acid groups (broad SMARTS) is 1. The van der Waals surface area contributed by atoms with E-state index in [1.165, 1.54) is 0 Å². The molecular formula is C8H16N2O3. The molecule has 2 atom stereocenters. The molecule has 0 bridgehead atoms. The molecule has 1 amide bonds. The zero-order chi connectivity index (χ0) is 10.4. The average Bonchev–Trinajstić information content (AvgIpc) is 2.00. The summed E-state index contributed by atoms with van der Waals surface area (Å²) < 4.78 is 0. The Labute approximate surface area is 77.7 Å². The standard InChI is InChI=1S/C8H16N2O3/c1-6(5-11)7(4-10(2)3)9-8(12)13/h5-7,9H,4H2,1-3H3,(H,12,13). The second kappa shape index (κ2) is 5.53. The summed E-state index contributed by atoms with van der Waals surface area (Å²) in [6, 6.07) is -0.343. The van der Waals surface area contributed by atoms with Crippen molar-refractivity contribution in [3.63, 3.8) is 0 Å². The van der Waals surface area contributed by atoms with Crippen molar-refractivity contribution in [3.8, 4) is 0 Å². The van der Waals surface area contributed by atoms with Gasteiger partial charge in [-0.3, -0.25) is 0 Å². The van der Waals surface area contributed by atoms with Crippen LogP contribution in [0.2, 0.25) is 0 Å². The summed E-state index contributed by atoms with van der Waals surface area (Å²) in [6.07, 6.45) is -0.343. The minimum atomic E-state index is -1.10. The Hall–Kier alpha value is -1.10. The third kappa shape index (κ3) is 5.19. The van der Waals surface area contributed by atoms with Crippen LogP contribution in [0.1, 0.15) is 6.92 Å². The molecule has 0 aromatic carbocycles. The van der Waals surface area contributed by atoms with Crippen molar-refractivity contribution in [1.29, 1.82) is 0 Å². The summed E-state index contributed by atoms with van der Waals surface area (Å²) in [7, 11) is 3.65. The third-order valence-corrected chi connectivity index (χ3v) is 1.72. The van der Waals surface area contributed by atoms with Gasteiger partial charge in [-0.2, -0.15) is 0 Å². The van der Waals surface area contributed by atoms with Crippen LogP contribution >= 0.6 is 0 Å². The molecule has 0 fully saturated rings. The Morgan fingerprint density at radius 1 is 1.62 bits per heavy atom. The van der Waals surface area contributed by atoms with Crippen LogP contribution in [-0.2, 0) is 4.79 Å². The molecule has 13 heavy (non-hydrogen) atoms. The first-order valence-corrected chi connectivity index (χ1v) is 4.07. The Morgan fingerprint density at radius 3 is 2.46 bits per heavy atom. The predicted octanol–water partition coefficient (Wildman–Crippen LogP) is 0.0192. The molecule has 2 N–H and O–H groups in total. The van der Waals surface area contributed by atoms with Gasteiger partial charge in [0.1, 0.15) is 6.29 Å². The number of hydrogen-bond donors (Lipinski definition) is 2. The number of carbonyl (C=O) groups excluding carboxylic acids is 1. The number of nitrogens with one attached hydrogen (secondary N) is 1. The lowest BCUT2D eigenvalue weighted by atomic mass is 10.0. The molecule has 0 aliphatic rings. The summed E-state index contributed by atoms with van der Waals surface area (Å²) in [5.74, 6) is -0.307. The fraction of sp³-hybridized carbons (Fsp3) is 0.750. The van der Waals surface area contributed by atoms with E-state index in [-0.39, 0.29) is 12.0 Å². The molecule has 76 valence electrons. The molecule has 0 aliphatic carbocycles. The SMILES string of the molecule is CC(C=O)C(CN(C)C)NC(=O)O. The van der Waals surface area contributed by atoms with Gasteiger partial charge in [0.2, 0.25) is 0 Å². The van der Waals surface area contributed by atoms with E-state index in [1.54, 1.807) is 6.92 Å². The van der Waals surface area contributed by atoms with Gasteiger partial charge in [-0.15, -0.1) is 0 Å². The quantitative estimate of drug-likeness (QED) is 0.597. The van der Waals surface area contributed by atoms with Crippen molar-refractivity contribution < 1.29 is 14.7 Å². The van der Waals surface area contributed by atoms with Gasteiger partial charge < -0.3 is 20.1 Å². The lowest BCUT2D eigenvalue weighted by Gasteiger charge is -2.23. The largest absolute Gasteiger partial charge is 0.465 e. The van der Waals surface area contributed by atoms with Gasteiger partial charge in [0.15, 0.2) is 0 Å². The lowest BCUT2D eigenvalue weighted by Crippen LogP contribution is -2.45. The summed E-state index contributed by atoms with van der Waals surface area (Å²) in [5.41, 5.74) is 0. The van der Waals surface area contributed by atoms with E-state index in [0.29, 0.717) is 6.54 Å². The third-order valence-electron chi connectivity index (χ3n) is 1.72. The Kier molecular flexibility index (Phi) is 5.06. The van der Waals surface area contributed by atoms with Gasteiger partial charge in [-0.05, 0) is 14.1 Å². The van der Waals surface area contributed by atoms with Crippen molar-refractivity contribution in [3.05, 3.63) is 0 Å². The van der Waals surface area contributed by atoms with E-state index >= 15 is 0 Å². The molecule has 0 radical (unpaired) electrons. The van der Waals surface area contributed by atoms with Crippen LogP contribution in [0.25, 0.3) is 0 Å². The summed E-state index contributed by atoms with van der Waals surface area (Å²) >= 11 is 0. The smallest absolute Gasteiger partial charge is 0.404 e. The fourth-order valence-electron chi connectivity index (χ4n) is 0.990. The van der Waals surface area contributed by atoms with E-state index in [4.69, 9.17) is 5.11 Å². The lowest BCUT2D eigenvalue weighted by molar-refractivity contribution is -0.111. The first-order valence-electron chi connectivity index (χ1n) is 4.07. The van der Waals surface area contributed by atoms with Gasteiger partial charge in [0, 0.05) is 12.5 Å². The van der Waals surface area contributed by atoms with Crippen LogP contribution in [0, 0.1) is 5.92 Å². The molecule has 2 unspecified atom stereocenters. The zero-order valence-corrected chi connectivity index (χ0v) is 8.15. The van der Waals surface area contributed by atoms with Crippen molar-refractivity contribution in [2.45, 2.75) is 13.0 Å². The minimum Gasteiger partial charge on any atom is -0.465 e. The molecule has 0 aromatic rings. The second-order valence-electron chi connectivity index (χ2n) is 3.31. The van der Waals surface area contributed by atoms with E-state index in [1.807, 2.05) is 19.0 Å². The highest BCUT2D eigenvalue weighted by Gasteiger charge is 2.18. The van der Waals surface area contributed by atoms with E-state index in [2.05, 4.69) is 5.32 Å². The van der Waals surface area contributed by atoms with E-state index in [9.17, 15) is 9.59 Å². The van der Waals surface area contributed by atoms with E-state index < -0.39 is 6.09 Å². The van der Waals surface area contributed by atoms with Crippen LogP contribution in [0.4, 0.5) is 4.79 Å². The van der Waals surface area contributed by atoms with Crippen LogP contribution in [0.3, 0.4) is 0 Å². The molecule has 0 saturated carbocycles. The molecule has 0 rings (SSSR count). The molecule has 0 heterocycles. The number of hydrogen-bond acceptors (Lipinski definition) is 3. The molecule has 5 heteroatoms. The number of amides is 1. The molecule has 0 saturated heterocycles. The molecule has 0 aliphatic heterocycles. The summed E-state index contributed by atoms with van der Waals surface area (Å²) in [4.78, 5) is 22.7. The van der Waals surface area contributed by atoms with Gasteiger partial charge >= 0.3 is 6.09 Å². The van der Waals surface area contributed by atoms with Crippen LogP contribution in [0.15, 0.2) is 0 Å². The molecule has 0 spiro atoms. The highest BCUT2D eigenvalue weighted by atomic mass is 16.4. The predicted molar refractivity (Wildman–Crippen MR) is 48.7 cm³/mol. The minimum absolute atomic E-state index is 0.307. The fourth-order valence-corrected chi connectivity index (χ4v) is 0.990. The van der Waals surface area contributed by atoms with Crippen LogP contribution in [0.5, 0.6) is 0 Å². The van der Waals surface area contributed by atoms with Gasteiger partial charge in [0.05, 0.1) is 6.04 Å². The van der Waals surface area contributed by atoms with Crippen molar-refractivity contribution in [2.24, 2.45) is 5.92 Å². The second-order valence-corrected chi connectivity index (χ2v) is 3.31. The summed E-state index contributed by atoms with van der Waals surface area (Å²) in [6.45, 7) is 2.21. The Bertz CT molecular complexity index is 182. The van der Waals surface area contributed by atoms with Crippen molar-refractivity contribution in [2.75, 3.05) is 20.6 Å². The maximum Gasteiger partial charge on any atom is 0.404 e. The number of likely N-dealkylation sites (N-methyl/N-ethyl adjacent to an activating group) is 1. The topological polar surface area (TPSA) is 69.6 Å². The number of rotatable bonds is 5.